The number of halogens is 3. The number of urea groups is 1. The molecule has 1 fully saturated rings. The molecular weight excluding hydrogens is 265 g/mol. The lowest BCUT2D eigenvalue weighted by Gasteiger charge is -2.34. The lowest BCUT2D eigenvalue weighted by Crippen LogP contribution is -2.52. The number of nitrogens with zero attached hydrogens (tertiary/aromatic N) is 1. The standard InChI is InChI=1S/C11H17F3N2O3/c1-2-8(9(17)18)15-10(19)16-5-3-4-7(6-16)11(12,13)14/h7-8H,2-6H2,1H3,(H,15,19)(H,17,18)/t7?,8-/m0/s1. The Balaban J connectivity index is 2.60. The van der Waals surface area contributed by atoms with Crippen LogP contribution in [-0.4, -0.2) is 47.3 Å². The SMILES string of the molecule is CC[C@H](NC(=O)N1CCCC(C(F)(F)F)C1)C(=O)O. The number of alkyl halides is 3. The van der Waals surface area contributed by atoms with Gasteiger partial charge in [-0.15, -0.1) is 0 Å². The molecule has 1 aliphatic heterocycles. The van der Waals surface area contributed by atoms with Crippen LogP contribution in [0.4, 0.5) is 18.0 Å². The minimum Gasteiger partial charge on any atom is -0.480 e. The van der Waals surface area contributed by atoms with Crippen LogP contribution in [0.15, 0.2) is 0 Å². The summed E-state index contributed by atoms with van der Waals surface area (Å²) in [6.45, 7) is 1.38. The Morgan fingerprint density at radius 2 is 2.11 bits per heavy atom. The molecule has 0 radical (unpaired) electrons. The highest BCUT2D eigenvalue weighted by Gasteiger charge is 2.42. The molecular formula is C11H17F3N2O3. The van der Waals surface area contributed by atoms with Crippen molar-refractivity contribution in [3.63, 3.8) is 0 Å². The molecule has 1 heterocycles. The van der Waals surface area contributed by atoms with Crippen LogP contribution in [0.5, 0.6) is 0 Å². The molecule has 1 saturated heterocycles. The van der Waals surface area contributed by atoms with E-state index < -0.39 is 36.7 Å². The lowest BCUT2D eigenvalue weighted by molar-refractivity contribution is -0.184. The molecule has 5 nitrogen and oxygen atoms in total. The number of nitrogens with one attached hydrogen (secondary N) is 1. The van der Waals surface area contributed by atoms with E-state index in [0.717, 1.165) is 4.90 Å². The van der Waals surface area contributed by atoms with Crippen molar-refractivity contribution < 1.29 is 27.9 Å². The molecule has 1 unspecified atom stereocenters. The predicted molar refractivity (Wildman–Crippen MR) is 60.6 cm³/mol. The Bertz CT molecular complexity index is 347. The van der Waals surface area contributed by atoms with E-state index >= 15 is 0 Å². The van der Waals surface area contributed by atoms with E-state index in [2.05, 4.69) is 5.32 Å². The number of rotatable bonds is 3. The van der Waals surface area contributed by atoms with Crippen LogP contribution in [0.3, 0.4) is 0 Å². The topological polar surface area (TPSA) is 69.6 Å². The summed E-state index contributed by atoms with van der Waals surface area (Å²) in [4.78, 5) is 23.5. The highest BCUT2D eigenvalue weighted by atomic mass is 19.4. The Labute approximate surface area is 108 Å². The molecule has 2 amide bonds. The molecule has 0 aliphatic carbocycles. The Morgan fingerprint density at radius 1 is 1.47 bits per heavy atom. The summed E-state index contributed by atoms with van der Waals surface area (Å²) in [5, 5.41) is 11.0. The molecule has 0 spiro atoms. The number of likely N-dealkylation sites (tertiary alicyclic amines) is 1. The average molecular weight is 282 g/mol. The van der Waals surface area contributed by atoms with Gasteiger partial charge in [-0.2, -0.15) is 13.2 Å². The molecule has 8 heteroatoms. The summed E-state index contributed by atoms with van der Waals surface area (Å²) in [6, 6.07) is -1.82. The number of piperidine rings is 1. The van der Waals surface area contributed by atoms with Gasteiger partial charge in [0.1, 0.15) is 6.04 Å². The zero-order chi connectivity index (χ0) is 14.6. The third-order valence-corrected chi connectivity index (χ3v) is 3.18. The van der Waals surface area contributed by atoms with Crippen LogP contribution in [0.2, 0.25) is 0 Å². The first kappa shape index (κ1) is 15.6. The number of aliphatic carboxylic acids is 1. The van der Waals surface area contributed by atoms with Gasteiger partial charge in [0, 0.05) is 13.1 Å². The van der Waals surface area contributed by atoms with Crippen molar-refractivity contribution in [2.45, 2.75) is 38.4 Å². The van der Waals surface area contributed by atoms with Crippen LogP contribution < -0.4 is 5.32 Å². The predicted octanol–water partition coefficient (Wildman–Crippen LogP) is 1.83. The average Bonchev–Trinajstić information content (AvgIpc) is 2.34. The van der Waals surface area contributed by atoms with Gasteiger partial charge in [-0.25, -0.2) is 9.59 Å². The van der Waals surface area contributed by atoms with Crippen LogP contribution in [-0.2, 0) is 4.79 Å². The van der Waals surface area contributed by atoms with E-state index in [9.17, 15) is 22.8 Å². The molecule has 1 aliphatic rings. The molecule has 2 atom stereocenters. The Kier molecular flexibility index (Phi) is 5.02. The van der Waals surface area contributed by atoms with E-state index in [0.29, 0.717) is 0 Å². The summed E-state index contributed by atoms with van der Waals surface area (Å²) in [5.74, 6) is -2.72. The van der Waals surface area contributed by atoms with Gasteiger partial charge >= 0.3 is 18.2 Å². The van der Waals surface area contributed by atoms with E-state index in [1.54, 1.807) is 6.92 Å². The fraction of sp³-hybridized carbons (Fsp3) is 0.818. The van der Waals surface area contributed by atoms with Crippen molar-refractivity contribution in [1.82, 2.24) is 10.2 Å². The summed E-state index contributed by atoms with van der Waals surface area (Å²) in [6.07, 6.45) is -3.88. The van der Waals surface area contributed by atoms with Gasteiger partial charge in [0.05, 0.1) is 5.92 Å². The highest BCUT2D eigenvalue weighted by Crippen LogP contribution is 2.33. The molecule has 1 rings (SSSR count). The summed E-state index contributed by atoms with van der Waals surface area (Å²) >= 11 is 0. The zero-order valence-electron chi connectivity index (χ0n) is 10.5. The van der Waals surface area contributed by atoms with Gasteiger partial charge in [-0.1, -0.05) is 6.92 Å². The molecule has 0 aromatic carbocycles. The van der Waals surface area contributed by atoms with Crippen molar-refractivity contribution in [3.8, 4) is 0 Å². The van der Waals surface area contributed by atoms with E-state index in [1.165, 1.54) is 0 Å². The van der Waals surface area contributed by atoms with Gasteiger partial charge in [0.25, 0.3) is 0 Å². The number of amides is 2. The second-order valence-electron chi connectivity index (χ2n) is 4.58. The van der Waals surface area contributed by atoms with Crippen molar-refractivity contribution in [2.24, 2.45) is 5.92 Å². The number of hydrogen-bond donors (Lipinski definition) is 2. The number of carbonyl (C=O) groups excluding carboxylic acids is 1. The first-order valence-corrected chi connectivity index (χ1v) is 6.10. The van der Waals surface area contributed by atoms with E-state index in [4.69, 9.17) is 5.11 Å². The molecule has 0 aromatic rings. The van der Waals surface area contributed by atoms with Crippen molar-refractivity contribution >= 4 is 12.0 Å². The summed E-state index contributed by atoms with van der Waals surface area (Å²) in [5.41, 5.74) is 0. The maximum atomic E-state index is 12.6. The van der Waals surface area contributed by atoms with Crippen LogP contribution >= 0.6 is 0 Å². The monoisotopic (exact) mass is 282 g/mol. The number of carboxylic acid groups (broad SMARTS) is 1. The van der Waals surface area contributed by atoms with Gasteiger partial charge < -0.3 is 15.3 Å². The Morgan fingerprint density at radius 3 is 2.58 bits per heavy atom. The molecule has 0 bridgehead atoms. The lowest BCUT2D eigenvalue weighted by atomic mass is 9.98. The van der Waals surface area contributed by atoms with E-state index in [1.807, 2.05) is 0 Å². The molecule has 0 aromatic heterocycles. The first-order valence-electron chi connectivity index (χ1n) is 6.10. The fourth-order valence-electron chi connectivity index (χ4n) is 2.01. The second kappa shape index (κ2) is 6.12. The van der Waals surface area contributed by atoms with Crippen molar-refractivity contribution in [1.29, 1.82) is 0 Å². The number of carboxylic acids is 1. The number of carbonyl (C=O) groups is 2. The van der Waals surface area contributed by atoms with Crippen molar-refractivity contribution in [3.05, 3.63) is 0 Å². The van der Waals surface area contributed by atoms with Crippen LogP contribution in [0, 0.1) is 5.92 Å². The van der Waals surface area contributed by atoms with Gasteiger partial charge in [-0.3, -0.25) is 0 Å². The minimum atomic E-state index is -4.32. The maximum absolute atomic E-state index is 12.6. The third kappa shape index (κ3) is 4.29. The third-order valence-electron chi connectivity index (χ3n) is 3.18. The first-order chi connectivity index (χ1) is 8.75. The minimum absolute atomic E-state index is 0.00339. The van der Waals surface area contributed by atoms with Gasteiger partial charge in [0.15, 0.2) is 0 Å². The van der Waals surface area contributed by atoms with E-state index in [-0.39, 0.29) is 25.8 Å². The van der Waals surface area contributed by atoms with Crippen LogP contribution in [0.1, 0.15) is 26.2 Å². The normalized spacial score (nSPS) is 21.9. The molecule has 2 N–H and O–H groups in total. The summed E-state index contributed by atoms with van der Waals surface area (Å²) in [7, 11) is 0. The molecule has 110 valence electrons. The molecule has 19 heavy (non-hydrogen) atoms. The second-order valence-corrected chi connectivity index (χ2v) is 4.58. The number of hydrogen-bond acceptors (Lipinski definition) is 2. The maximum Gasteiger partial charge on any atom is 0.393 e. The summed E-state index contributed by atoms with van der Waals surface area (Å²) < 4.78 is 37.7. The van der Waals surface area contributed by atoms with Gasteiger partial charge in [0.2, 0.25) is 0 Å². The highest BCUT2D eigenvalue weighted by molar-refractivity contribution is 5.82. The van der Waals surface area contributed by atoms with Crippen LogP contribution in [0.25, 0.3) is 0 Å². The fourth-order valence-corrected chi connectivity index (χ4v) is 2.01. The van der Waals surface area contributed by atoms with Gasteiger partial charge in [-0.05, 0) is 19.3 Å². The largest absolute Gasteiger partial charge is 0.480 e. The molecule has 0 saturated carbocycles. The zero-order valence-corrected chi connectivity index (χ0v) is 10.5. The quantitative estimate of drug-likeness (QED) is 0.829. The Hall–Kier alpha value is -1.47. The smallest absolute Gasteiger partial charge is 0.393 e. The van der Waals surface area contributed by atoms with Crippen molar-refractivity contribution in [2.75, 3.05) is 13.1 Å².